The van der Waals surface area contributed by atoms with E-state index in [1.54, 1.807) is 13.0 Å². The maximum absolute atomic E-state index is 14.7. The normalized spacial score (nSPS) is 19.3. The van der Waals surface area contributed by atoms with Crippen LogP contribution in [0.15, 0.2) is 48.5 Å². The minimum Gasteiger partial charge on any atom is -0.490 e. The quantitative estimate of drug-likeness (QED) is 0.253. The number of hydrogen-bond acceptors (Lipinski definition) is 7. The number of halogens is 5. The van der Waals surface area contributed by atoms with E-state index in [0.717, 1.165) is 31.0 Å². The van der Waals surface area contributed by atoms with Crippen molar-refractivity contribution < 1.29 is 41.3 Å². The van der Waals surface area contributed by atoms with Crippen molar-refractivity contribution in [1.82, 2.24) is 20.5 Å². The molecule has 0 saturated heterocycles. The molecule has 2 N–H and O–H groups in total. The van der Waals surface area contributed by atoms with Crippen LogP contribution in [0.25, 0.3) is 22.2 Å². The number of nitrogens with zero attached hydrogens (tertiary/aromatic N) is 3. The smallest absolute Gasteiger partial charge is 0.424 e. The number of aliphatic hydroxyl groups is 1. The first-order chi connectivity index (χ1) is 20.8. The van der Waals surface area contributed by atoms with Gasteiger partial charge in [0, 0.05) is 22.1 Å². The van der Waals surface area contributed by atoms with Crippen molar-refractivity contribution in [3.05, 3.63) is 76.9 Å². The zero-order valence-electron chi connectivity index (χ0n) is 23.6. The third-order valence-corrected chi connectivity index (χ3v) is 7.83. The van der Waals surface area contributed by atoms with Gasteiger partial charge < -0.3 is 19.9 Å². The molecule has 1 amide bonds. The highest BCUT2D eigenvalue weighted by Gasteiger charge is 2.57. The highest BCUT2D eigenvalue weighted by Crippen LogP contribution is 2.48. The molecule has 1 fully saturated rings. The Morgan fingerprint density at radius 3 is 2.52 bits per heavy atom. The first-order valence-electron chi connectivity index (χ1n) is 13.8. The molecule has 1 unspecified atom stereocenters. The van der Waals surface area contributed by atoms with Crippen LogP contribution in [0.1, 0.15) is 47.1 Å². The number of aromatic nitrogens is 3. The largest absolute Gasteiger partial charge is 0.490 e. The van der Waals surface area contributed by atoms with Gasteiger partial charge in [-0.2, -0.15) is 18.3 Å². The lowest BCUT2D eigenvalue weighted by molar-refractivity contribution is -0.265. The van der Waals surface area contributed by atoms with Crippen LogP contribution in [-0.2, 0) is 11.0 Å². The summed E-state index contributed by atoms with van der Waals surface area (Å²) >= 11 is 0. The van der Waals surface area contributed by atoms with Crippen LogP contribution in [0, 0.1) is 12.7 Å². The Hall–Kier alpha value is -4.39. The molecule has 1 saturated carbocycles. The second kappa shape index (κ2) is 10.7. The van der Waals surface area contributed by atoms with E-state index in [4.69, 9.17) is 9.47 Å². The topological polar surface area (TPSA) is 106 Å². The molecule has 2 aromatic carbocycles. The van der Waals surface area contributed by atoms with Gasteiger partial charge >= 0.3 is 6.18 Å². The average molecular weight is 615 g/mol. The molecule has 13 heteroatoms. The predicted octanol–water partition coefficient (Wildman–Crippen LogP) is 5.48. The molecule has 230 valence electrons. The fourth-order valence-electron chi connectivity index (χ4n) is 5.02. The fraction of sp³-hybridized carbons (Fsp3) is 0.355. The second-order valence-electron chi connectivity index (χ2n) is 11.5. The zero-order chi connectivity index (χ0) is 31.4. The van der Waals surface area contributed by atoms with Gasteiger partial charge in [-0.15, -0.1) is 5.10 Å². The molecule has 2 aromatic heterocycles. The van der Waals surface area contributed by atoms with Gasteiger partial charge in [0.15, 0.2) is 0 Å². The van der Waals surface area contributed by atoms with Crippen LogP contribution >= 0.6 is 0 Å². The van der Waals surface area contributed by atoms with Gasteiger partial charge in [-0.25, -0.2) is 13.8 Å². The van der Waals surface area contributed by atoms with E-state index in [1.807, 2.05) is 0 Å². The Morgan fingerprint density at radius 2 is 1.86 bits per heavy atom. The third kappa shape index (κ3) is 5.29. The van der Waals surface area contributed by atoms with Crippen molar-refractivity contribution >= 4 is 16.8 Å². The average Bonchev–Trinajstić information content (AvgIpc) is 3.75. The fourth-order valence-corrected chi connectivity index (χ4v) is 5.02. The van der Waals surface area contributed by atoms with Crippen molar-refractivity contribution in [3.8, 4) is 22.8 Å². The van der Waals surface area contributed by atoms with Gasteiger partial charge in [0.05, 0.1) is 29.5 Å². The number of benzene rings is 2. The zero-order valence-corrected chi connectivity index (χ0v) is 23.6. The minimum absolute atomic E-state index is 0.0163. The van der Waals surface area contributed by atoms with Crippen LogP contribution < -0.4 is 14.8 Å². The summed E-state index contributed by atoms with van der Waals surface area (Å²) in [5, 5.41) is 22.1. The van der Waals surface area contributed by atoms with Crippen LogP contribution in [0.3, 0.4) is 0 Å². The molecule has 1 aliphatic heterocycles. The summed E-state index contributed by atoms with van der Waals surface area (Å²) in [6, 6.07) is 10.2. The number of pyridine rings is 1. The molecular formula is C31H27F5N4O4. The number of ether oxygens (including phenoxy) is 2. The van der Waals surface area contributed by atoms with Gasteiger partial charge in [-0.05, 0) is 75.2 Å². The van der Waals surface area contributed by atoms with Crippen LogP contribution in [0.5, 0.6) is 11.5 Å². The molecule has 3 heterocycles. The summed E-state index contributed by atoms with van der Waals surface area (Å²) in [4.78, 5) is 17.4. The van der Waals surface area contributed by atoms with Crippen molar-refractivity contribution in [3.63, 3.8) is 0 Å². The Bertz CT molecular complexity index is 1760. The Labute approximate surface area is 248 Å². The first kappa shape index (κ1) is 29.7. The number of fused-ring (bicyclic) bond motifs is 2. The highest BCUT2D eigenvalue weighted by molar-refractivity contribution is 6.00. The molecule has 8 nitrogen and oxygen atoms in total. The van der Waals surface area contributed by atoms with Gasteiger partial charge in [0.25, 0.3) is 5.91 Å². The lowest BCUT2D eigenvalue weighted by Crippen LogP contribution is -2.51. The number of carbonyl (C=O) groups excluding carboxylic acids is 1. The van der Waals surface area contributed by atoms with E-state index in [2.05, 4.69) is 20.5 Å². The second-order valence-corrected chi connectivity index (χ2v) is 11.5. The van der Waals surface area contributed by atoms with Crippen molar-refractivity contribution in [2.75, 3.05) is 19.8 Å². The molecule has 44 heavy (non-hydrogen) atoms. The molecule has 1 aliphatic carbocycles. The lowest BCUT2D eigenvalue weighted by atomic mass is 9.83. The van der Waals surface area contributed by atoms with Gasteiger partial charge in [-0.1, -0.05) is 0 Å². The molecule has 2 aliphatic rings. The Kier molecular flexibility index (Phi) is 7.18. The monoisotopic (exact) mass is 614 g/mol. The number of rotatable bonds is 8. The molecule has 4 aromatic rings. The number of alkyl halides is 4. The third-order valence-electron chi connectivity index (χ3n) is 7.83. The van der Waals surface area contributed by atoms with E-state index < -0.39 is 47.8 Å². The Balaban J connectivity index is 1.39. The van der Waals surface area contributed by atoms with E-state index in [0.29, 0.717) is 16.6 Å². The van der Waals surface area contributed by atoms with E-state index >= 15 is 0 Å². The minimum atomic E-state index is -5.33. The van der Waals surface area contributed by atoms with E-state index in [9.17, 15) is 31.9 Å². The number of carbonyl (C=O) groups is 1. The molecule has 2 atom stereocenters. The predicted molar refractivity (Wildman–Crippen MR) is 149 cm³/mol. The number of hydrogen-bond donors (Lipinski definition) is 2. The summed E-state index contributed by atoms with van der Waals surface area (Å²) < 4.78 is 83.5. The maximum Gasteiger partial charge on any atom is 0.424 e. The standard InChI is InChI=1S/C31H27F5N4O4/c1-16-9-18-10-19(11-23(25(18)40-39-16)44-21-7-8-21)28(41)37-14-30(42,31(34,35)36)24-12-22-27(43-15-29(22,2)13-32)26(38-24)17-3-5-20(33)6-4-17/h3-6,9-12,21,42H,7-8,13-15H2,1-2H3,(H,37,41)/t29-,30?/m0/s1. The number of nitrogens with one attached hydrogen (secondary N) is 1. The van der Waals surface area contributed by atoms with Crippen LogP contribution in [-0.4, -0.2) is 58.3 Å². The van der Waals surface area contributed by atoms with Gasteiger partial charge in [0.1, 0.15) is 41.8 Å². The van der Waals surface area contributed by atoms with E-state index in [1.165, 1.54) is 31.2 Å². The van der Waals surface area contributed by atoms with Crippen LogP contribution in [0.2, 0.25) is 0 Å². The van der Waals surface area contributed by atoms with Crippen molar-refractivity contribution in [1.29, 1.82) is 0 Å². The number of aryl methyl sites for hydroxylation is 1. The van der Waals surface area contributed by atoms with E-state index in [-0.39, 0.29) is 46.6 Å². The molecule has 0 radical (unpaired) electrons. The highest BCUT2D eigenvalue weighted by atomic mass is 19.4. The summed E-state index contributed by atoms with van der Waals surface area (Å²) in [6.45, 7) is 0.702. The molecular weight excluding hydrogens is 587 g/mol. The maximum atomic E-state index is 14.7. The summed E-state index contributed by atoms with van der Waals surface area (Å²) in [7, 11) is 0. The number of amides is 1. The van der Waals surface area contributed by atoms with Crippen molar-refractivity contribution in [2.24, 2.45) is 0 Å². The summed E-state index contributed by atoms with van der Waals surface area (Å²) in [5.41, 5.74) is -4.84. The van der Waals surface area contributed by atoms with Crippen LogP contribution in [0.4, 0.5) is 22.0 Å². The SMILES string of the molecule is Cc1cc2cc(C(=O)NCC(O)(c3cc4c(c(-c5ccc(F)cc5)n3)OC[C@]4(C)CF)C(F)(F)F)cc(OC3CC3)c2nn1. The molecule has 6 rings (SSSR count). The first-order valence-corrected chi connectivity index (χ1v) is 13.8. The summed E-state index contributed by atoms with van der Waals surface area (Å²) in [6.07, 6.45) is -3.76. The van der Waals surface area contributed by atoms with Crippen molar-refractivity contribution in [2.45, 2.75) is 50.0 Å². The lowest BCUT2D eigenvalue weighted by Gasteiger charge is -2.31. The molecule has 0 bridgehead atoms. The van der Waals surface area contributed by atoms with Gasteiger partial charge in [0.2, 0.25) is 5.60 Å². The Morgan fingerprint density at radius 1 is 1.14 bits per heavy atom. The van der Waals surface area contributed by atoms with Gasteiger partial charge in [-0.3, -0.25) is 4.79 Å². The molecule has 0 spiro atoms. The summed E-state index contributed by atoms with van der Waals surface area (Å²) in [5.74, 6) is -1.20.